The molecule has 0 saturated heterocycles. The molecular formula is C10H12BrNO. The SMILES string of the molecule is CCC1(O)CCc2cnc(Br)cc21. The van der Waals surface area contributed by atoms with Crippen molar-refractivity contribution in [2.75, 3.05) is 0 Å². The molecule has 1 unspecified atom stereocenters. The summed E-state index contributed by atoms with van der Waals surface area (Å²) in [5.41, 5.74) is 1.63. The molecule has 0 amide bonds. The molecule has 2 rings (SSSR count). The summed E-state index contributed by atoms with van der Waals surface area (Å²) in [7, 11) is 0. The second-order valence-electron chi connectivity index (χ2n) is 3.55. The first kappa shape index (κ1) is 9.16. The summed E-state index contributed by atoms with van der Waals surface area (Å²) in [6, 6.07) is 1.94. The van der Waals surface area contributed by atoms with Crippen molar-refractivity contribution >= 4 is 15.9 Å². The van der Waals surface area contributed by atoms with E-state index in [0.29, 0.717) is 0 Å². The Hall–Kier alpha value is -0.410. The lowest BCUT2D eigenvalue weighted by atomic mass is 9.94. The number of rotatable bonds is 1. The normalized spacial score (nSPS) is 26.1. The highest BCUT2D eigenvalue weighted by Gasteiger charge is 2.35. The van der Waals surface area contributed by atoms with Crippen molar-refractivity contribution in [2.24, 2.45) is 0 Å². The molecule has 0 bridgehead atoms. The van der Waals surface area contributed by atoms with Crippen molar-refractivity contribution in [1.29, 1.82) is 0 Å². The summed E-state index contributed by atoms with van der Waals surface area (Å²) in [6.07, 6.45) is 4.40. The van der Waals surface area contributed by atoms with Crippen LogP contribution in [0.1, 0.15) is 30.9 Å². The first-order valence-electron chi connectivity index (χ1n) is 4.53. The minimum atomic E-state index is -0.610. The number of aryl methyl sites for hydroxylation is 1. The van der Waals surface area contributed by atoms with Gasteiger partial charge in [-0.1, -0.05) is 6.92 Å². The second kappa shape index (κ2) is 3.07. The minimum absolute atomic E-state index is 0.610. The Bertz CT molecular complexity index is 340. The fourth-order valence-corrected chi connectivity index (χ4v) is 2.27. The molecule has 1 aliphatic rings. The van der Waals surface area contributed by atoms with E-state index >= 15 is 0 Å². The van der Waals surface area contributed by atoms with Gasteiger partial charge in [-0.15, -0.1) is 0 Å². The number of hydrogen-bond acceptors (Lipinski definition) is 2. The lowest BCUT2D eigenvalue weighted by molar-refractivity contribution is 0.0345. The van der Waals surface area contributed by atoms with E-state index < -0.39 is 5.60 Å². The Morgan fingerprint density at radius 3 is 3.15 bits per heavy atom. The van der Waals surface area contributed by atoms with Crippen molar-refractivity contribution < 1.29 is 5.11 Å². The van der Waals surface area contributed by atoms with Gasteiger partial charge in [-0.3, -0.25) is 0 Å². The predicted molar refractivity (Wildman–Crippen MR) is 54.4 cm³/mol. The zero-order chi connectivity index (χ0) is 9.47. The van der Waals surface area contributed by atoms with Crippen LogP contribution in [-0.4, -0.2) is 10.1 Å². The molecule has 0 aromatic carbocycles. The highest BCUT2D eigenvalue weighted by Crippen LogP contribution is 2.39. The highest BCUT2D eigenvalue weighted by molar-refractivity contribution is 9.10. The van der Waals surface area contributed by atoms with Crippen molar-refractivity contribution in [1.82, 2.24) is 4.98 Å². The number of halogens is 1. The number of pyridine rings is 1. The van der Waals surface area contributed by atoms with Gasteiger partial charge in [0.05, 0.1) is 5.60 Å². The molecule has 1 heterocycles. The van der Waals surface area contributed by atoms with E-state index in [-0.39, 0.29) is 0 Å². The fourth-order valence-electron chi connectivity index (χ4n) is 1.93. The third-order valence-electron chi connectivity index (χ3n) is 2.85. The Morgan fingerprint density at radius 1 is 1.69 bits per heavy atom. The highest BCUT2D eigenvalue weighted by atomic mass is 79.9. The van der Waals surface area contributed by atoms with Crippen LogP contribution >= 0.6 is 15.9 Å². The summed E-state index contributed by atoms with van der Waals surface area (Å²) in [5.74, 6) is 0. The van der Waals surface area contributed by atoms with Crippen LogP contribution in [0.2, 0.25) is 0 Å². The first-order chi connectivity index (χ1) is 6.15. The monoisotopic (exact) mass is 241 g/mol. The zero-order valence-corrected chi connectivity index (χ0v) is 9.13. The van der Waals surface area contributed by atoms with Crippen LogP contribution < -0.4 is 0 Å². The molecule has 1 atom stereocenters. The summed E-state index contributed by atoms with van der Waals surface area (Å²) in [5, 5.41) is 10.2. The van der Waals surface area contributed by atoms with Gasteiger partial charge in [0.1, 0.15) is 4.60 Å². The van der Waals surface area contributed by atoms with E-state index in [1.165, 1.54) is 5.56 Å². The van der Waals surface area contributed by atoms with E-state index in [2.05, 4.69) is 20.9 Å². The van der Waals surface area contributed by atoms with Gasteiger partial charge < -0.3 is 5.11 Å². The predicted octanol–water partition coefficient (Wildman–Crippen LogP) is 2.39. The average molecular weight is 242 g/mol. The lowest BCUT2D eigenvalue weighted by Gasteiger charge is -2.21. The number of aliphatic hydroxyl groups is 1. The molecule has 1 aromatic heterocycles. The third kappa shape index (κ3) is 1.40. The molecule has 1 aliphatic carbocycles. The summed E-state index contributed by atoms with van der Waals surface area (Å²) < 4.78 is 0.806. The maximum atomic E-state index is 10.2. The smallest absolute Gasteiger partial charge is 0.106 e. The number of hydrogen-bond donors (Lipinski definition) is 1. The van der Waals surface area contributed by atoms with Gasteiger partial charge in [-0.05, 0) is 52.4 Å². The van der Waals surface area contributed by atoms with Gasteiger partial charge in [-0.2, -0.15) is 0 Å². The minimum Gasteiger partial charge on any atom is -0.385 e. The van der Waals surface area contributed by atoms with Crippen molar-refractivity contribution in [3.8, 4) is 0 Å². The largest absolute Gasteiger partial charge is 0.385 e. The lowest BCUT2D eigenvalue weighted by Crippen LogP contribution is -2.20. The molecule has 2 nitrogen and oxygen atoms in total. The van der Waals surface area contributed by atoms with E-state index in [0.717, 1.165) is 29.4 Å². The molecule has 0 radical (unpaired) electrons. The molecule has 0 fully saturated rings. The Labute approximate surface area is 86.1 Å². The van der Waals surface area contributed by atoms with E-state index in [9.17, 15) is 5.11 Å². The standard InChI is InChI=1S/C10H12BrNO/c1-2-10(13)4-3-7-6-12-9(11)5-8(7)10/h5-6,13H,2-4H2,1H3. The molecule has 0 aliphatic heterocycles. The quantitative estimate of drug-likeness (QED) is 0.767. The molecular weight excluding hydrogens is 230 g/mol. The van der Waals surface area contributed by atoms with E-state index in [4.69, 9.17) is 0 Å². The van der Waals surface area contributed by atoms with Crippen molar-refractivity contribution in [3.05, 3.63) is 28.0 Å². The molecule has 70 valence electrons. The van der Waals surface area contributed by atoms with E-state index in [1.54, 1.807) is 0 Å². The Balaban J connectivity index is 2.52. The van der Waals surface area contributed by atoms with Crippen LogP contribution in [0.5, 0.6) is 0 Å². The average Bonchev–Trinajstić information content (AvgIpc) is 2.45. The van der Waals surface area contributed by atoms with E-state index in [1.807, 2.05) is 19.2 Å². The molecule has 0 saturated carbocycles. The third-order valence-corrected chi connectivity index (χ3v) is 3.28. The van der Waals surface area contributed by atoms with Gasteiger partial charge >= 0.3 is 0 Å². The summed E-state index contributed by atoms with van der Waals surface area (Å²) >= 11 is 3.32. The molecule has 3 heteroatoms. The fraction of sp³-hybridized carbons (Fsp3) is 0.500. The maximum Gasteiger partial charge on any atom is 0.106 e. The van der Waals surface area contributed by atoms with Gasteiger partial charge in [0.15, 0.2) is 0 Å². The van der Waals surface area contributed by atoms with Gasteiger partial charge in [0, 0.05) is 6.20 Å². The molecule has 1 N–H and O–H groups in total. The molecule has 1 aromatic rings. The van der Waals surface area contributed by atoms with Crippen LogP contribution in [0.3, 0.4) is 0 Å². The number of aromatic nitrogens is 1. The van der Waals surface area contributed by atoms with Gasteiger partial charge in [-0.25, -0.2) is 4.98 Å². The van der Waals surface area contributed by atoms with Gasteiger partial charge in [0.25, 0.3) is 0 Å². The van der Waals surface area contributed by atoms with Crippen molar-refractivity contribution in [2.45, 2.75) is 31.8 Å². The summed E-state index contributed by atoms with van der Waals surface area (Å²) in [6.45, 7) is 2.02. The summed E-state index contributed by atoms with van der Waals surface area (Å²) in [4.78, 5) is 4.16. The first-order valence-corrected chi connectivity index (χ1v) is 5.32. The van der Waals surface area contributed by atoms with Gasteiger partial charge in [0.2, 0.25) is 0 Å². The Morgan fingerprint density at radius 2 is 2.46 bits per heavy atom. The molecule has 0 spiro atoms. The Kier molecular flexibility index (Phi) is 2.16. The maximum absolute atomic E-state index is 10.2. The van der Waals surface area contributed by atoms with Crippen LogP contribution in [-0.2, 0) is 12.0 Å². The number of fused-ring (bicyclic) bond motifs is 1. The topological polar surface area (TPSA) is 33.1 Å². The molecule has 13 heavy (non-hydrogen) atoms. The van der Waals surface area contributed by atoms with Crippen LogP contribution in [0, 0.1) is 0 Å². The van der Waals surface area contributed by atoms with Crippen LogP contribution in [0.15, 0.2) is 16.9 Å². The zero-order valence-electron chi connectivity index (χ0n) is 7.55. The van der Waals surface area contributed by atoms with Crippen molar-refractivity contribution in [3.63, 3.8) is 0 Å². The second-order valence-corrected chi connectivity index (χ2v) is 4.36. The number of nitrogens with zero attached hydrogens (tertiary/aromatic N) is 1. The van der Waals surface area contributed by atoms with Crippen LogP contribution in [0.25, 0.3) is 0 Å². The van der Waals surface area contributed by atoms with Crippen LogP contribution in [0.4, 0.5) is 0 Å².